The van der Waals surface area contributed by atoms with Crippen LogP contribution in [0.25, 0.3) is 16.7 Å². The summed E-state index contributed by atoms with van der Waals surface area (Å²) in [6, 6.07) is 16.5. The monoisotopic (exact) mass is 528 g/mol. The zero-order valence-electron chi connectivity index (χ0n) is 23.1. The number of benzene rings is 2. The van der Waals surface area contributed by atoms with Gasteiger partial charge in [-0.25, -0.2) is 19.0 Å². The van der Waals surface area contributed by atoms with Gasteiger partial charge in [-0.2, -0.15) is 5.10 Å². The van der Waals surface area contributed by atoms with Gasteiger partial charge in [-0.1, -0.05) is 50.6 Å². The standard InChI is InChI=1S/C31H37FN6O/c1-4-9-22(2)29-33-30(28-23(3)35-38(31(28)34-29)26-15-13-25(32)14-16-26)37-19-8-18-36(20-21-37)27(39)17-12-24-10-6-5-7-11-24/h5-7,10-11,13-16,22H,4,8-9,12,17-21H2,1-3H3/t22-/m0/s1. The highest BCUT2D eigenvalue weighted by Crippen LogP contribution is 2.32. The lowest BCUT2D eigenvalue weighted by molar-refractivity contribution is -0.130. The molecule has 0 saturated carbocycles. The van der Waals surface area contributed by atoms with Crippen LogP contribution in [0.4, 0.5) is 10.2 Å². The third-order valence-electron chi connectivity index (χ3n) is 7.55. The number of hydrogen-bond donors (Lipinski definition) is 0. The number of aromatic nitrogens is 4. The van der Waals surface area contributed by atoms with Crippen molar-refractivity contribution in [2.45, 2.75) is 58.8 Å². The first-order valence-electron chi connectivity index (χ1n) is 14.0. The Kier molecular flexibility index (Phi) is 8.19. The van der Waals surface area contributed by atoms with Crippen LogP contribution in [-0.2, 0) is 11.2 Å². The van der Waals surface area contributed by atoms with Gasteiger partial charge in [0.1, 0.15) is 17.5 Å². The number of anilines is 1. The van der Waals surface area contributed by atoms with Crippen LogP contribution in [0.2, 0.25) is 0 Å². The van der Waals surface area contributed by atoms with Crippen LogP contribution in [0, 0.1) is 12.7 Å². The van der Waals surface area contributed by atoms with Crippen LogP contribution >= 0.6 is 0 Å². The summed E-state index contributed by atoms with van der Waals surface area (Å²) >= 11 is 0. The van der Waals surface area contributed by atoms with Gasteiger partial charge in [-0.15, -0.1) is 0 Å². The largest absolute Gasteiger partial charge is 0.354 e. The number of rotatable bonds is 8. The van der Waals surface area contributed by atoms with Crippen LogP contribution < -0.4 is 4.90 Å². The summed E-state index contributed by atoms with van der Waals surface area (Å²) in [6.45, 7) is 9.21. The van der Waals surface area contributed by atoms with Crippen LogP contribution in [0.3, 0.4) is 0 Å². The fourth-order valence-electron chi connectivity index (χ4n) is 5.38. The maximum atomic E-state index is 13.7. The predicted octanol–water partition coefficient (Wildman–Crippen LogP) is 5.84. The highest BCUT2D eigenvalue weighted by molar-refractivity contribution is 5.91. The normalized spacial score (nSPS) is 15.0. The Morgan fingerprint density at radius 1 is 1.00 bits per heavy atom. The molecule has 0 aliphatic carbocycles. The molecule has 0 spiro atoms. The van der Waals surface area contributed by atoms with Gasteiger partial charge >= 0.3 is 0 Å². The zero-order valence-corrected chi connectivity index (χ0v) is 23.1. The number of carbonyl (C=O) groups excluding carboxylic acids is 1. The molecule has 7 nitrogen and oxygen atoms in total. The summed E-state index contributed by atoms with van der Waals surface area (Å²) in [5, 5.41) is 5.72. The number of nitrogens with zero attached hydrogens (tertiary/aromatic N) is 6. The van der Waals surface area contributed by atoms with Crippen molar-refractivity contribution in [2.24, 2.45) is 0 Å². The number of fused-ring (bicyclic) bond motifs is 1. The summed E-state index contributed by atoms with van der Waals surface area (Å²) in [6.07, 6.45) is 4.17. The van der Waals surface area contributed by atoms with Gasteiger partial charge in [0.25, 0.3) is 0 Å². The average Bonchev–Trinajstić information content (AvgIpc) is 3.11. The Morgan fingerprint density at radius 3 is 2.51 bits per heavy atom. The molecule has 0 N–H and O–H groups in total. The molecule has 1 atom stereocenters. The van der Waals surface area contributed by atoms with Crippen molar-refractivity contribution < 1.29 is 9.18 Å². The molecule has 1 fully saturated rings. The highest BCUT2D eigenvalue weighted by Gasteiger charge is 2.26. The minimum atomic E-state index is -0.285. The first-order chi connectivity index (χ1) is 18.9. The quantitative estimate of drug-likeness (QED) is 0.288. The van der Waals surface area contributed by atoms with E-state index >= 15 is 0 Å². The van der Waals surface area contributed by atoms with E-state index in [-0.39, 0.29) is 17.6 Å². The topological polar surface area (TPSA) is 67.2 Å². The Morgan fingerprint density at radius 2 is 1.77 bits per heavy atom. The van der Waals surface area contributed by atoms with Gasteiger partial charge in [-0.05, 0) is 56.0 Å². The van der Waals surface area contributed by atoms with E-state index in [0.717, 1.165) is 72.8 Å². The van der Waals surface area contributed by atoms with Crippen molar-refractivity contribution in [3.05, 3.63) is 77.5 Å². The lowest BCUT2D eigenvalue weighted by atomic mass is 10.1. The molecule has 1 aliphatic heterocycles. The molecule has 5 rings (SSSR count). The molecular weight excluding hydrogens is 491 g/mol. The smallest absolute Gasteiger partial charge is 0.222 e. The van der Waals surface area contributed by atoms with Gasteiger partial charge in [0.05, 0.1) is 16.8 Å². The van der Waals surface area contributed by atoms with Gasteiger partial charge in [0.15, 0.2) is 5.65 Å². The molecule has 204 valence electrons. The van der Waals surface area contributed by atoms with E-state index in [2.05, 4.69) is 30.9 Å². The van der Waals surface area contributed by atoms with Crippen LogP contribution in [0.1, 0.15) is 62.5 Å². The molecule has 2 aromatic heterocycles. The lowest BCUT2D eigenvalue weighted by Crippen LogP contribution is -2.35. The van der Waals surface area contributed by atoms with E-state index < -0.39 is 0 Å². The summed E-state index contributed by atoms with van der Waals surface area (Å²) < 4.78 is 15.5. The molecule has 1 aliphatic rings. The average molecular weight is 529 g/mol. The van der Waals surface area contributed by atoms with E-state index in [0.29, 0.717) is 19.5 Å². The van der Waals surface area contributed by atoms with Gasteiger partial charge in [-0.3, -0.25) is 4.79 Å². The summed E-state index contributed by atoms with van der Waals surface area (Å²) in [7, 11) is 0. The van der Waals surface area contributed by atoms with E-state index in [1.807, 2.05) is 30.0 Å². The fraction of sp³-hybridized carbons (Fsp3) is 0.419. The molecule has 1 amide bonds. The van der Waals surface area contributed by atoms with E-state index in [1.165, 1.54) is 17.7 Å². The second-order valence-electron chi connectivity index (χ2n) is 10.5. The Hall–Kier alpha value is -3.81. The number of aryl methyl sites for hydroxylation is 2. The molecule has 4 aromatic rings. The third kappa shape index (κ3) is 5.95. The van der Waals surface area contributed by atoms with Gasteiger partial charge in [0.2, 0.25) is 5.91 Å². The molecule has 3 heterocycles. The van der Waals surface area contributed by atoms with Crippen LogP contribution in [-0.4, -0.2) is 56.7 Å². The maximum Gasteiger partial charge on any atom is 0.222 e. The van der Waals surface area contributed by atoms with Crippen LogP contribution in [0.5, 0.6) is 0 Å². The molecule has 8 heteroatoms. The van der Waals surface area contributed by atoms with Crippen molar-refractivity contribution in [1.82, 2.24) is 24.6 Å². The number of halogens is 1. The van der Waals surface area contributed by atoms with Crippen molar-refractivity contribution in [2.75, 3.05) is 31.1 Å². The maximum absolute atomic E-state index is 13.7. The highest BCUT2D eigenvalue weighted by atomic mass is 19.1. The molecule has 0 bridgehead atoms. The molecule has 39 heavy (non-hydrogen) atoms. The summed E-state index contributed by atoms with van der Waals surface area (Å²) in [4.78, 5) is 27.5. The molecule has 2 aromatic carbocycles. The Bertz CT molecular complexity index is 1420. The summed E-state index contributed by atoms with van der Waals surface area (Å²) in [5.74, 6) is 1.78. The molecule has 0 unspecified atom stereocenters. The SMILES string of the molecule is CCC[C@H](C)c1nc(N2CCCN(C(=O)CCc3ccccc3)CC2)c2c(C)nn(-c3ccc(F)cc3)c2n1. The molecule has 1 saturated heterocycles. The first kappa shape index (κ1) is 26.8. The predicted molar refractivity (Wildman–Crippen MR) is 153 cm³/mol. The fourth-order valence-corrected chi connectivity index (χ4v) is 5.38. The van der Waals surface area contributed by atoms with E-state index in [4.69, 9.17) is 15.1 Å². The van der Waals surface area contributed by atoms with Crippen LogP contribution in [0.15, 0.2) is 54.6 Å². The lowest BCUT2D eigenvalue weighted by Gasteiger charge is -2.24. The van der Waals surface area contributed by atoms with Crippen molar-refractivity contribution in [1.29, 1.82) is 0 Å². The number of carbonyl (C=O) groups is 1. The Labute approximate surface area is 229 Å². The second-order valence-corrected chi connectivity index (χ2v) is 10.5. The molecular formula is C31H37FN6O. The van der Waals surface area contributed by atoms with E-state index in [1.54, 1.807) is 16.8 Å². The van der Waals surface area contributed by atoms with Gasteiger partial charge in [0, 0.05) is 38.5 Å². The number of hydrogen-bond acceptors (Lipinski definition) is 5. The van der Waals surface area contributed by atoms with Crippen molar-refractivity contribution in [3.63, 3.8) is 0 Å². The minimum absolute atomic E-state index is 0.193. The second kappa shape index (κ2) is 11.9. The minimum Gasteiger partial charge on any atom is -0.354 e. The summed E-state index contributed by atoms with van der Waals surface area (Å²) in [5.41, 5.74) is 3.52. The van der Waals surface area contributed by atoms with Crippen molar-refractivity contribution in [3.8, 4) is 5.69 Å². The zero-order chi connectivity index (χ0) is 27.4. The van der Waals surface area contributed by atoms with E-state index in [9.17, 15) is 9.18 Å². The third-order valence-corrected chi connectivity index (χ3v) is 7.55. The number of amides is 1. The molecule has 0 radical (unpaired) electrons. The van der Waals surface area contributed by atoms with Crippen molar-refractivity contribution >= 4 is 22.8 Å². The Balaban J connectivity index is 1.44. The first-order valence-corrected chi connectivity index (χ1v) is 14.0. The van der Waals surface area contributed by atoms with Gasteiger partial charge < -0.3 is 9.80 Å².